The highest BCUT2D eigenvalue weighted by Crippen LogP contribution is 2.66. The van der Waals surface area contributed by atoms with Gasteiger partial charge in [0, 0.05) is 22.4 Å². The zero-order valence-electron chi connectivity index (χ0n) is 34.5. The first-order valence-electron chi connectivity index (χ1n) is 20.6. The third-order valence-corrected chi connectivity index (χ3v) is 14.3. The SMILES string of the molecule is Cc1cc(C)c(-c2ccc3c(c2)C(c2cccc4ccccc24)=[N+]2C3=Cc3c4ccc(-c5c(C)cc(C)cc5C)cc4c(-c4cccc5ccccc45)n3S2(F)F)c(C)c1. The number of nitrogens with zero attached hydrogens (tertiary/aromatic N) is 2. The van der Waals surface area contributed by atoms with Gasteiger partial charge in [0.15, 0.2) is 0 Å². The van der Waals surface area contributed by atoms with E-state index in [1.165, 1.54) is 41.3 Å². The maximum absolute atomic E-state index is 18.9. The van der Waals surface area contributed by atoms with E-state index in [0.29, 0.717) is 22.8 Å². The molecule has 60 heavy (non-hydrogen) atoms. The van der Waals surface area contributed by atoms with Crippen LogP contribution in [0.1, 0.15) is 55.8 Å². The van der Waals surface area contributed by atoms with E-state index in [2.05, 4.69) is 139 Å². The zero-order valence-corrected chi connectivity index (χ0v) is 35.3. The van der Waals surface area contributed by atoms with Gasteiger partial charge in [0.25, 0.3) is 0 Å². The highest BCUT2D eigenvalue weighted by atomic mass is 32.3. The van der Waals surface area contributed by atoms with Gasteiger partial charge in [-0.15, -0.1) is 0 Å². The molecule has 0 aliphatic carbocycles. The van der Waals surface area contributed by atoms with Crippen molar-refractivity contribution in [2.45, 2.75) is 41.5 Å². The van der Waals surface area contributed by atoms with Crippen molar-refractivity contribution >= 4 is 61.0 Å². The van der Waals surface area contributed by atoms with Crippen LogP contribution in [0.3, 0.4) is 0 Å². The Morgan fingerprint density at radius 1 is 0.450 bits per heavy atom. The molecule has 0 saturated carbocycles. The quantitative estimate of drug-likeness (QED) is 0.157. The fourth-order valence-corrected chi connectivity index (χ4v) is 12.3. The Morgan fingerprint density at radius 3 is 1.58 bits per heavy atom. The van der Waals surface area contributed by atoms with Crippen LogP contribution in [0.15, 0.2) is 146 Å². The Kier molecular flexibility index (Phi) is 8.05. The Morgan fingerprint density at radius 2 is 0.967 bits per heavy atom. The van der Waals surface area contributed by atoms with E-state index >= 15 is 7.77 Å². The van der Waals surface area contributed by atoms with Gasteiger partial charge in [-0.1, -0.05) is 144 Å². The van der Waals surface area contributed by atoms with Gasteiger partial charge >= 0.3 is 11.2 Å². The summed E-state index contributed by atoms with van der Waals surface area (Å²) in [5, 5.41) is 5.53. The number of hydrogen-bond donors (Lipinski definition) is 0. The summed E-state index contributed by atoms with van der Waals surface area (Å²) >= 11 is -4.82. The highest BCUT2D eigenvalue weighted by molar-refractivity contribution is 8.19. The Balaban J connectivity index is 1.27. The molecule has 0 radical (unpaired) electrons. The van der Waals surface area contributed by atoms with Gasteiger partial charge < -0.3 is 0 Å². The lowest BCUT2D eigenvalue weighted by Crippen LogP contribution is -2.24. The Hall–Kier alpha value is -6.56. The molecule has 0 unspecified atom stereocenters. The normalized spacial score (nSPS) is 14.7. The van der Waals surface area contributed by atoms with Gasteiger partial charge in [0.2, 0.25) is 11.4 Å². The van der Waals surface area contributed by atoms with E-state index < -0.39 is 11.2 Å². The van der Waals surface area contributed by atoms with Crippen molar-refractivity contribution in [2.75, 3.05) is 0 Å². The van der Waals surface area contributed by atoms with Crippen molar-refractivity contribution in [1.82, 2.24) is 3.97 Å². The van der Waals surface area contributed by atoms with Gasteiger partial charge in [-0.3, -0.25) is 0 Å². The molecule has 2 nitrogen and oxygen atoms in total. The number of hydrogen-bond acceptors (Lipinski definition) is 0. The van der Waals surface area contributed by atoms with Crippen molar-refractivity contribution < 1.29 is 11.8 Å². The second kappa shape index (κ2) is 13.2. The summed E-state index contributed by atoms with van der Waals surface area (Å²) in [5.41, 5.74) is 16.8. The lowest BCUT2D eigenvalue weighted by atomic mass is 9.89. The van der Waals surface area contributed by atoms with Gasteiger partial charge in [-0.05, 0) is 132 Å². The van der Waals surface area contributed by atoms with Crippen LogP contribution in [0.5, 0.6) is 0 Å². The third-order valence-electron chi connectivity index (χ3n) is 12.7. The van der Waals surface area contributed by atoms with Gasteiger partial charge in [-0.25, -0.2) is 0 Å². The highest BCUT2D eigenvalue weighted by Gasteiger charge is 2.55. The second-order valence-electron chi connectivity index (χ2n) is 16.7. The van der Waals surface area contributed by atoms with Crippen LogP contribution in [0.2, 0.25) is 0 Å². The molecule has 0 saturated heterocycles. The number of aromatic nitrogens is 1. The minimum Gasteiger partial charge on any atom is -0.200 e. The smallest absolute Gasteiger partial charge is 0.200 e. The van der Waals surface area contributed by atoms with Gasteiger partial charge in [0.05, 0.1) is 28.1 Å². The molecule has 292 valence electrons. The average molecular weight is 802 g/mol. The molecular formula is C55H43F2N2S+. The van der Waals surface area contributed by atoms with Crippen LogP contribution in [-0.2, 0) is 0 Å². The van der Waals surface area contributed by atoms with Crippen LogP contribution in [0.25, 0.3) is 77.6 Å². The molecule has 9 aromatic rings. The molecule has 3 heterocycles. The Bertz CT molecular complexity index is 3360. The molecule has 2 aliphatic rings. The average Bonchev–Trinajstić information content (AvgIpc) is 3.73. The van der Waals surface area contributed by atoms with E-state index in [9.17, 15) is 0 Å². The van der Waals surface area contributed by atoms with E-state index in [4.69, 9.17) is 0 Å². The lowest BCUT2D eigenvalue weighted by molar-refractivity contribution is -0.253. The number of fused-ring (bicyclic) bond motifs is 8. The van der Waals surface area contributed by atoms with Crippen LogP contribution in [0.4, 0.5) is 7.77 Å². The molecule has 0 amide bonds. The van der Waals surface area contributed by atoms with E-state index in [1.807, 2.05) is 54.6 Å². The standard InChI is InChI=1S/C55H43F2N2S/c1-32-25-34(3)52(35(4)26-32)40-21-23-44-48(29-40)54(46-19-11-15-38-13-7-9-17-42(38)46)58-50(44)31-51-45-24-22-41(53-36(5)27-33(2)28-37(53)6)30-49(45)55(59(51)60(58,56)57)47-20-12-16-39-14-8-10-18-43(39)47/h7-31H,1-6H3/q+1. The van der Waals surface area contributed by atoms with E-state index in [-0.39, 0.29) is 0 Å². The van der Waals surface area contributed by atoms with Crippen LogP contribution in [-0.4, -0.2) is 13.7 Å². The summed E-state index contributed by atoms with van der Waals surface area (Å²) in [6, 6.07) is 49.9. The predicted octanol–water partition coefficient (Wildman–Crippen LogP) is 15.4. The minimum atomic E-state index is -4.82. The number of rotatable bonds is 4. The molecule has 0 bridgehead atoms. The molecule has 1 aromatic heterocycles. The van der Waals surface area contributed by atoms with Crippen LogP contribution < -0.4 is 0 Å². The molecule has 0 atom stereocenters. The van der Waals surface area contributed by atoms with Crippen molar-refractivity contribution in [2.24, 2.45) is 0 Å². The van der Waals surface area contributed by atoms with Crippen molar-refractivity contribution in [3.63, 3.8) is 0 Å². The summed E-state index contributed by atoms with van der Waals surface area (Å²) in [6.45, 7) is 12.8. The Labute approximate surface area is 351 Å². The summed E-state index contributed by atoms with van der Waals surface area (Å²) in [5.74, 6) is 0. The number of aryl methyl sites for hydroxylation is 6. The first-order valence-corrected chi connectivity index (χ1v) is 21.9. The largest absolute Gasteiger partial charge is 0.388 e. The molecule has 8 aromatic carbocycles. The molecule has 0 N–H and O–H groups in total. The number of halogens is 2. The van der Waals surface area contributed by atoms with Crippen LogP contribution in [0, 0.1) is 41.5 Å². The molecular weight excluding hydrogens is 759 g/mol. The topological polar surface area (TPSA) is 7.94 Å². The maximum atomic E-state index is 18.9. The molecule has 0 spiro atoms. The second-order valence-corrected chi connectivity index (χ2v) is 18.3. The zero-order chi connectivity index (χ0) is 41.2. The number of benzene rings is 8. The predicted molar refractivity (Wildman–Crippen MR) is 251 cm³/mol. The van der Waals surface area contributed by atoms with Crippen molar-refractivity contribution in [1.29, 1.82) is 0 Å². The molecule has 2 aliphatic heterocycles. The third kappa shape index (κ3) is 5.28. The summed E-state index contributed by atoms with van der Waals surface area (Å²) in [6.07, 6.45) is 2.03. The summed E-state index contributed by atoms with van der Waals surface area (Å²) < 4.78 is 40.7. The van der Waals surface area contributed by atoms with E-state index in [0.717, 1.165) is 76.8 Å². The van der Waals surface area contributed by atoms with Gasteiger partial charge in [0.1, 0.15) is 0 Å². The summed E-state index contributed by atoms with van der Waals surface area (Å²) in [7, 11) is 0. The van der Waals surface area contributed by atoms with E-state index in [1.54, 1.807) is 0 Å². The summed E-state index contributed by atoms with van der Waals surface area (Å²) in [4.78, 5) is 0. The first-order chi connectivity index (χ1) is 29.0. The molecule has 5 heteroatoms. The fraction of sp³-hybridized carbons (Fsp3) is 0.109. The molecule has 0 fully saturated rings. The van der Waals surface area contributed by atoms with Gasteiger partial charge in [-0.2, -0.15) is 3.97 Å². The van der Waals surface area contributed by atoms with Crippen molar-refractivity contribution in [3.05, 3.63) is 201 Å². The lowest BCUT2D eigenvalue weighted by Gasteiger charge is -2.26. The van der Waals surface area contributed by atoms with Crippen molar-refractivity contribution in [3.8, 4) is 33.5 Å². The van der Waals surface area contributed by atoms with Crippen LogP contribution >= 0.6 is 11.2 Å². The molecule has 11 rings (SSSR count). The monoisotopic (exact) mass is 801 g/mol. The maximum Gasteiger partial charge on any atom is 0.388 e. The minimum absolute atomic E-state index is 0.530. The fourth-order valence-electron chi connectivity index (χ4n) is 10.5. The first kappa shape index (κ1) is 36.5.